The summed E-state index contributed by atoms with van der Waals surface area (Å²) in [6.45, 7) is 54.8. The molecule has 0 spiro atoms. The Morgan fingerprint density at radius 1 is 0.322 bits per heavy atom. The molecule has 8 aromatic carbocycles. The molecule has 0 bridgehead atoms. The van der Waals surface area contributed by atoms with Gasteiger partial charge in [0.25, 0.3) is 0 Å². The lowest BCUT2D eigenvalue weighted by Crippen LogP contribution is -2.34. The molecule has 0 atom stereocenters. The van der Waals surface area contributed by atoms with E-state index in [2.05, 4.69) is 323 Å². The topological polar surface area (TPSA) is 0 Å². The average Bonchev–Trinajstić information content (AvgIpc) is 1.97. The van der Waals surface area contributed by atoms with Crippen LogP contribution < -0.4 is 0 Å². The maximum atomic E-state index is 12.6. The lowest BCUT2D eigenvalue weighted by atomic mass is 9.84. The second-order valence-electron chi connectivity index (χ2n) is 28.8. The zero-order valence-corrected chi connectivity index (χ0v) is 59.3. The normalized spacial score (nSPS) is 11.2. The number of rotatable bonds is 6. The van der Waals surface area contributed by atoms with Gasteiger partial charge in [-0.3, -0.25) is 0 Å². The molecule has 0 aliphatic heterocycles. The molecule has 3 heteroatoms. The number of alkyl halides is 3. The van der Waals surface area contributed by atoms with Crippen molar-refractivity contribution in [1.29, 1.82) is 0 Å². The van der Waals surface area contributed by atoms with Crippen molar-refractivity contribution in [3.8, 4) is 0 Å². The fraction of sp³-hybridized carbons (Fsp3) is 0.429. The summed E-state index contributed by atoms with van der Waals surface area (Å²) in [5, 5.41) is 0. The minimum atomic E-state index is -4.15. The van der Waals surface area contributed by atoms with E-state index in [9.17, 15) is 13.2 Å². The molecule has 0 fully saturated rings. The molecular formula is C84H117F3. The molecule has 0 N–H and O–H groups in total. The lowest BCUT2D eigenvalue weighted by molar-refractivity contribution is -0.211. The molecule has 0 aliphatic carbocycles. The van der Waals surface area contributed by atoms with Gasteiger partial charge in [-0.1, -0.05) is 336 Å². The van der Waals surface area contributed by atoms with Crippen LogP contribution in [0.4, 0.5) is 13.2 Å². The van der Waals surface area contributed by atoms with Crippen molar-refractivity contribution >= 4 is 0 Å². The van der Waals surface area contributed by atoms with E-state index in [0.717, 1.165) is 23.5 Å². The highest BCUT2D eigenvalue weighted by Gasteiger charge is 2.46. The Morgan fingerprint density at radius 3 is 0.954 bits per heavy atom. The van der Waals surface area contributed by atoms with E-state index in [4.69, 9.17) is 0 Å². The Hall–Kier alpha value is -6.45. The molecule has 0 saturated heterocycles. The zero-order valence-electron chi connectivity index (χ0n) is 59.3. The summed E-state index contributed by atoms with van der Waals surface area (Å²) in [5.74, 6) is 1.42. The lowest BCUT2D eigenvalue weighted by Gasteiger charge is -2.27. The first-order valence-electron chi connectivity index (χ1n) is 31.6. The second kappa shape index (κ2) is 37.4. The first-order chi connectivity index (χ1) is 40.1. The molecule has 0 aromatic heterocycles. The fourth-order valence-electron chi connectivity index (χ4n) is 8.78. The van der Waals surface area contributed by atoms with Gasteiger partial charge in [-0.15, -0.1) is 0 Å². The van der Waals surface area contributed by atoms with E-state index in [0.29, 0.717) is 11.3 Å². The fourth-order valence-corrected chi connectivity index (χ4v) is 8.78. The highest BCUT2D eigenvalue weighted by Crippen LogP contribution is 2.40. The third-order valence-corrected chi connectivity index (χ3v) is 14.6. The van der Waals surface area contributed by atoms with Crippen molar-refractivity contribution in [1.82, 2.24) is 0 Å². The van der Waals surface area contributed by atoms with Crippen LogP contribution in [0.3, 0.4) is 0 Å². The smallest absolute Gasteiger partial charge is 0.171 e. The summed E-state index contributed by atoms with van der Waals surface area (Å²) in [7, 11) is 0. The Morgan fingerprint density at radius 2 is 0.655 bits per heavy atom. The summed E-state index contributed by atoms with van der Waals surface area (Å²) in [4.78, 5) is 0. The number of benzene rings is 8. The maximum Gasteiger partial charge on any atom is 0.394 e. The minimum Gasteiger partial charge on any atom is -0.171 e. The summed E-state index contributed by atoms with van der Waals surface area (Å²) in [5.41, 5.74) is 21.8. The van der Waals surface area contributed by atoms with Crippen LogP contribution in [0, 0.1) is 92.9 Å². The van der Waals surface area contributed by atoms with Gasteiger partial charge in [-0.2, -0.15) is 13.2 Å². The zero-order chi connectivity index (χ0) is 66.5. The molecular weight excluding hydrogens is 1070 g/mol. The van der Waals surface area contributed by atoms with Gasteiger partial charge in [0.05, 0.1) is 5.41 Å². The average molecular weight is 1180 g/mol. The van der Waals surface area contributed by atoms with Crippen molar-refractivity contribution in [3.05, 3.63) is 283 Å². The Balaban J connectivity index is 0.000000500. The van der Waals surface area contributed by atoms with Crippen molar-refractivity contribution in [3.63, 3.8) is 0 Å². The van der Waals surface area contributed by atoms with E-state index in [1.165, 1.54) is 104 Å². The molecule has 0 heterocycles. The molecule has 0 unspecified atom stereocenters. The molecule has 0 aliphatic rings. The largest absolute Gasteiger partial charge is 0.394 e. The van der Waals surface area contributed by atoms with E-state index < -0.39 is 11.6 Å². The predicted molar refractivity (Wildman–Crippen MR) is 380 cm³/mol. The number of halogens is 3. The quantitative estimate of drug-likeness (QED) is 0.156. The second-order valence-corrected chi connectivity index (χ2v) is 28.8. The van der Waals surface area contributed by atoms with Crippen LogP contribution in [0.2, 0.25) is 0 Å². The molecule has 8 rings (SSSR count). The molecule has 0 saturated carbocycles. The Kier molecular flexibility index (Phi) is 33.8. The van der Waals surface area contributed by atoms with Crippen molar-refractivity contribution in [2.24, 2.45) is 16.7 Å². The highest BCUT2D eigenvalue weighted by molar-refractivity contribution is 5.32. The van der Waals surface area contributed by atoms with Gasteiger partial charge in [0.1, 0.15) is 0 Å². The number of aryl methyl sites for hydroxylation is 11. The third kappa shape index (κ3) is 35.2. The Bertz CT molecular complexity index is 3070. The standard InChI is InChI=1S/C12H15F3.C12H18.3C11H16.C10H14.C9H12.C8H10/c1-9-4-6-10(7-5-9)8-11(2,3)12(13,14)15;1-10-5-7-11(8-6-10)9-12(2,3)4;1-9-5-7-10(8-6-9)11(2,3)4;1-9-7-5-6-8-10(9)11(2,3)4;1-9(2)8-11-6-4-10(3)5-7-11;1-8(2)10-6-4-9(3)5-7-10;1-7-4-5-8(2)9(3)6-7;1-7-3-5-8(2)6-4-7/h4-7H,8H2,1-3H3;5-8H,9H2,1-4H3;2*5-8H,1-4H3;4-7,9H,8H2,1-3H3;4-8H,1-3H3;4-6H,1-3H3;3-6H,1-2H3. The summed E-state index contributed by atoms with van der Waals surface area (Å²) in [6.07, 6.45) is -1.78. The van der Waals surface area contributed by atoms with Crippen molar-refractivity contribution in [2.45, 2.75) is 222 Å². The van der Waals surface area contributed by atoms with Crippen LogP contribution in [0.1, 0.15) is 204 Å². The molecule has 0 nitrogen and oxygen atoms in total. The van der Waals surface area contributed by atoms with Gasteiger partial charge in [0, 0.05) is 0 Å². The van der Waals surface area contributed by atoms with Crippen LogP contribution in [0.5, 0.6) is 0 Å². The van der Waals surface area contributed by atoms with E-state index in [1.54, 1.807) is 12.1 Å². The SMILES string of the molecule is Cc1ccc(C(C)(C)C)cc1.Cc1ccc(C(C)C)cc1.Cc1ccc(C)c(C)c1.Cc1ccc(C)cc1.Cc1ccc(CC(C)(C)C(F)(F)F)cc1.Cc1ccc(CC(C)(C)C)cc1.Cc1ccc(CC(C)C)cc1.Cc1ccccc1C(C)(C)C. The molecule has 8 aromatic rings. The third-order valence-electron chi connectivity index (χ3n) is 14.6. The number of hydrogen-bond acceptors (Lipinski definition) is 0. The van der Waals surface area contributed by atoms with Crippen LogP contribution in [-0.4, -0.2) is 6.18 Å². The van der Waals surface area contributed by atoms with E-state index in [1.807, 2.05) is 19.1 Å². The van der Waals surface area contributed by atoms with E-state index >= 15 is 0 Å². The number of hydrogen-bond donors (Lipinski definition) is 0. The van der Waals surface area contributed by atoms with Gasteiger partial charge in [-0.25, -0.2) is 0 Å². The van der Waals surface area contributed by atoms with E-state index in [-0.39, 0.29) is 17.3 Å². The molecule has 0 amide bonds. The van der Waals surface area contributed by atoms with Crippen molar-refractivity contribution in [2.75, 3.05) is 0 Å². The highest BCUT2D eigenvalue weighted by atomic mass is 19.4. The predicted octanol–water partition coefficient (Wildman–Crippen LogP) is 25.5. The van der Waals surface area contributed by atoms with Gasteiger partial charge in [0.2, 0.25) is 0 Å². The van der Waals surface area contributed by atoms with Crippen LogP contribution in [0.15, 0.2) is 188 Å². The minimum absolute atomic E-state index is 0.0246. The summed E-state index contributed by atoms with van der Waals surface area (Å²) in [6, 6.07) is 65.8. The summed E-state index contributed by atoms with van der Waals surface area (Å²) >= 11 is 0. The monoisotopic (exact) mass is 1180 g/mol. The molecule has 474 valence electrons. The molecule has 0 radical (unpaired) electrons. The van der Waals surface area contributed by atoms with Gasteiger partial charge in [-0.05, 0) is 174 Å². The van der Waals surface area contributed by atoms with Crippen molar-refractivity contribution < 1.29 is 13.2 Å². The van der Waals surface area contributed by atoms with Gasteiger partial charge in [0.15, 0.2) is 0 Å². The Labute approximate surface area is 532 Å². The van der Waals surface area contributed by atoms with Crippen LogP contribution in [0.25, 0.3) is 0 Å². The van der Waals surface area contributed by atoms with Crippen LogP contribution in [-0.2, 0) is 30.1 Å². The summed E-state index contributed by atoms with van der Waals surface area (Å²) < 4.78 is 37.8. The van der Waals surface area contributed by atoms with Crippen LogP contribution >= 0.6 is 0 Å². The first kappa shape index (κ1) is 78.6. The molecule has 87 heavy (non-hydrogen) atoms. The van der Waals surface area contributed by atoms with Gasteiger partial charge < -0.3 is 0 Å². The maximum absolute atomic E-state index is 12.6. The first-order valence-corrected chi connectivity index (χ1v) is 31.6. The van der Waals surface area contributed by atoms with Gasteiger partial charge >= 0.3 is 6.18 Å².